The lowest BCUT2D eigenvalue weighted by atomic mass is 10.1. The van der Waals surface area contributed by atoms with Gasteiger partial charge in [0.2, 0.25) is 4.80 Å². The molecule has 0 aliphatic heterocycles. The summed E-state index contributed by atoms with van der Waals surface area (Å²) in [5.41, 5.74) is 10.2. The Labute approximate surface area is 160 Å². The van der Waals surface area contributed by atoms with Crippen molar-refractivity contribution in [2.75, 3.05) is 7.05 Å². The van der Waals surface area contributed by atoms with Crippen LogP contribution in [0.5, 0.6) is 5.75 Å². The molecule has 138 valence electrons. The number of phenols is 1. The van der Waals surface area contributed by atoms with Gasteiger partial charge in [0.15, 0.2) is 0 Å². The van der Waals surface area contributed by atoms with E-state index in [-0.39, 0.29) is 11.3 Å². The molecule has 1 amide bonds. The second-order valence-electron chi connectivity index (χ2n) is 6.14. The first kappa shape index (κ1) is 18.6. The Morgan fingerprint density at radius 3 is 2.70 bits per heavy atom. The first-order valence-electron chi connectivity index (χ1n) is 8.29. The molecular weight excluding hydrogens is 360 g/mol. The quantitative estimate of drug-likeness (QED) is 0.681. The van der Waals surface area contributed by atoms with E-state index < -0.39 is 5.91 Å². The van der Waals surface area contributed by atoms with Gasteiger partial charge in [-0.15, -0.1) is 11.3 Å². The van der Waals surface area contributed by atoms with Crippen molar-refractivity contribution in [3.63, 3.8) is 0 Å². The molecule has 0 radical (unpaired) electrons. The van der Waals surface area contributed by atoms with Crippen LogP contribution >= 0.6 is 11.3 Å². The van der Waals surface area contributed by atoms with Gasteiger partial charge < -0.3 is 10.8 Å². The number of rotatable bonds is 4. The lowest BCUT2D eigenvalue weighted by molar-refractivity contribution is 0.0998. The summed E-state index contributed by atoms with van der Waals surface area (Å²) >= 11 is 1.44. The van der Waals surface area contributed by atoms with Crippen LogP contribution in [0, 0.1) is 13.8 Å². The lowest BCUT2D eigenvalue weighted by Crippen LogP contribution is -2.13. The smallest absolute Gasteiger partial charge is 0.252 e. The summed E-state index contributed by atoms with van der Waals surface area (Å²) in [4.78, 5) is 16.5. The van der Waals surface area contributed by atoms with Crippen molar-refractivity contribution in [2.45, 2.75) is 13.8 Å². The Balaban J connectivity index is 2.12. The maximum Gasteiger partial charge on any atom is 0.252 e. The number of hydrogen-bond donors (Lipinski definition) is 2. The lowest BCUT2D eigenvalue weighted by Gasteiger charge is -2.07. The molecule has 2 aromatic carbocycles. The fourth-order valence-corrected chi connectivity index (χ4v) is 3.48. The van der Waals surface area contributed by atoms with Gasteiger partial charge in [-0.3, -0.25) is 9.79 Å². The highest BCUT2D eigenvalue weighted by Crippen LogP contribution is 2.26. The van der Waals surface area contributed by atoms with Crippen LogP contribution < -0.4 is 10.5 Å². The average molecular weight is 380 g/mol. The molecule has 0 saturated carbocycles. The summed E-state index contributed by atoms with van der Waals surface area (Å²) in [6, 6.07) is 10.9. The van der Waals surface area contributed by atoms with Crippen molar-refractivity contribution in [1.29, 1.82) is 0 Å². The minimum atomic E-state index is -0.685. The highest BCUT2D eigenvalue weighted by atomic mass is 32.1. The van der Waals surface area contributed by atoms with Gasteiger partial charge in [0.25, 0.3) is 5.91 Å². The number of nitrogens with zero attached hydrogens (tertiary/aromatic N) is 3. The third-order valence-electron chi connectivity index (χ3n) is 4.18. The molecule has 3 rings (SSSR count). The monoisotopic (exact) mass is 380 g/mol. The van der Waals surface area contributed by atoms with Gasteiger partial charge in [-0.2, -0.15) is 5.10 Å². The predicted molar refractivity (Wildman–Crippen MR) is 108 cm³/mol. The number of thiazole rings is 1. The molecule has 7 heteroatoms. The number of hydrogen-bond acceptors (Lipinski definition) is 5. The van der Waals surface area contributed by atoms with Gasteiger partial charge in [0.05, 0.1) is 17.5 Å². The van der Waals surface area contributed by atoms with E-state index in [1.807, 2.05) is 19.2 Å². The molecule has 1 aromatic heterocycles. The predicted octanol–water partition coefficient (Wildman–Crippen LogP) is 3.05. The van der Waals surface area contributed by atoms with Crippen LogP contribution in [0.3, 0.4) is 0 Å². The van der Waals surface area contributed by atoms with Gasteiger partial charge in [0, 0.05) is 18.0 Å². The number of amides is 1. The molecule has 0 aliphatic rings. The molecule has 3 aromatic rings. The van der Waals surface area contributed by atoms with Crippen LogP contribution in [-0.4, -0.2) is 29.0 Å². The van der Waals surface area contributed by atoms with Gasteiger partial charge in [-0.25, -0.2) is 4.68 Å². The van der Waals surface area contributed by atoms with E-state index in [1.54, 1.807) is 30.1 Å². The molecule has 0 unspecified atom stereocenters. The molecule has 0 aliphatic carbocycles. The van der Waals surface area contributed by atoms with E-state index in [9.17, 15) is 9.90 Å². The summed E-state index contributed by atoms with van der Waals surface area (Å²) in [6.07, 6.45) is 1.79. The molecule has 0 spiro atoms. The first-order chi connectivity index (χ1) is 12.9. The molecule has 27 heavy (non-hydrogen) atoms. The van der Waals surface area contributed by atoms with E-state index in [2.05, 4.69) is 28.3 Å². The molecular formula is C20H20N4O2S. The van der Waals surface area contributed by atoms with Crippen molar-refractivity contribution in [3.05, 3.63) is 68.8 Å². The van der Waals surface area contributed by atoms with Crippen molar-refractivity contribution < 1.29 is 9.90 Å². The zero-order valence-electron chi connectivity index (χ0n) is 15.3. The topological polar surface area (TPSA) is 93.0 Å². The maximum absolute atomic E-state index is 11.5. The third kappa shape index (κ3) is 3.83. The van der Waals surface area contributed by atoms with E-state index >= 15 is 0 Å². The van der Waals surface area contributed by atoms with Gasteiger partial charge in [-0.05, 0) is 43.2 Å². The normalized spacial score (nSPS) is 12.0. The first-order valence-corrected chi connectivity index (χ1v) is 9.17. The summed E-state index contributed by atoms with van der Waals surface area (Å²) < 4.78 is 1.71. The van der Waals surface area contributed by atoms with Crippen LogP contribution in [0.15, 0.2) is 51.9 Å². The van der Waals surface area contributed by atoms with E-state index in [4.69, 9.17) is 5.73 Å². The number of carbonyl (C=O) groups is 1. The fourth-order valence-electron chi connectivity index (χ4n) is 2.67. The Morgan fingerprint density at radius 1 is 1.22 bits per heavy atom. The van der Waals surface area contributed by atoms with E-state index in [0.717, 1.165) is 22.4 Å². The number of carbonyl (C=O) groups excluding carboxylic acids is 1. The van der Waals surface area contributed by atoms with Crippen LogP contribution in [0.2, 0.25) is 0 Å². The summed E-state index contributed by atoms with van der Waals surface area (Å²) in [7, 11) is 1.70. The van der Waals surface area contributed by atoms with Crippen molar-refractivity contribution in [1.82, 2.24) is 4.68 Å². The second kappa shape index (κ2) is 7.59. The minimum absolute atomic E-state index is 0.0683. The second-order valence-corrected chi connectivity index (χ2v) is 6.98. The number of benzene rings is 2. The van der Waals surface area contributed by atoms with Crippen LogP contribution in [-0.2, 0) is 0 Å². The maximum atomic E-state index is 11.5. The third-order valence-corrected chi connectivity index (χ3v) is 5.09. The average Bonchev–Trinajstić information content (AvgIpc) is 3.05. The van der Waals surface area contributed by atoms with Gasteiger partial charge >= 0.3 is 0 Å². The summed E-state index contributed by atoms with van der Waals surface area (Å²) in [5.74, 6) is -0.831. The summed E-state index contributed by atoms with van der Waals surface area (Å²) in [6.45, 7) is 4.07. The van der Waals surface area contributed by atoms with Gasteiger partial charge in [0.1, 0.15) is 5.75 Å². The minimum Gasteiger partial charge on any atom is -0.507 e. The zero-order valence-corrected chi connectivity index (χ0v) is 16.1. The Hall–Kier alpha value is -3.19. The molecule has 3 N–H and O–H groups in total. The number of primary amides is 1. The summed E-state index contributed by atoms with van der Waals surface area (Å²) in [5, 5.41) is 16.3. The van der Waals surface area contributed by atoms with Gasteiger partial charge in [-0.1, -0.05) is 23.8 Å². The highest BCUT2D eigenvalue weighted by molar-refractivity contribution is 7.07. The molecule has 0 saturated heterocycles. The number of nitrogens with two attached hydrogens (primary N) is 1. The highest BCUT2D eigenvalue weighted by Gasteiger charge is 2.13. The van der Waals surface area contributed by atoms with Crippen LogP contribution in [0.25, 0.3) is 11.3 Å². The number of aromatic nitrogens is 1. The van der Waals surface area contributed by atoms with Crippen LogP contribution in [0.1, 0.15) is 27.0 Å². The van der Waals surface area contributed by atoms with E-state index in [0.29, 0.717) is 10.4 Å². The Morgan fingerprint density at radius 2 is 2.00 bits per heavy atom. The van der Waals surface area contributed by atoms with Crippen LogP contribution in [0.4, 0.5) is 0 Å². The standard InChI is InChI=1S/C20H20N4O2S/c1-12-4-5-13(2)15(8-12)10-23-24-17(11-27-20(24)22-3)14-6-7-18(25)16(9-14)19(21)26/h4-11,25H,1-3H3,(H2,21,26)/b22-20?,23-10-. The Kier molecular flexibility index (Phi) is 5.23. The van der Waals surface area contributed by atoms with Crippen molar-refractivity contribution in [2.24, 2.45) is 15.8 Å². The number of aryl methyl sites for hydroxylation is 2. The molecule has 0 bridgehead atoms. The van der Waals surface area contributed by atoms with Crippen molar-refractivity contribution in [3.8, 4) is 17.0 Å². The largest absolute Gasteiger partial charge is 0.507 e. The van der Waals surface area contributed by atoms with E-state index in [1.165, 1.54) is 17.4 Å². The van der Waals surface area contributed by atoms with Crippen molar-refractivity contribution >= 4 is 23.5 Å². The Bertz CT molecular complexity index is 1110. The molecule has 6 nitrogen and oxygen atoms in total. The fraction of sp³-hybridized carbons (Fsp3) is 0.150. The zero-order chi connectivity index (χ0) is 19.6. The molecule has 0 atom stereocenters. The molecule has 0 fully saturated rings. The number of aromatic hydroxyl groups is 1. The SMILES string of the molecule is CN=c1scc(-c2ccc(O)c(C(N)=O)c2)n1/N=C\c1cc(C)ccc1C. The molecule has 1 heterocycles.